The number of rotatable bonds is 9. The molecular weight excluding hydrogens is 274 g/mol. The molecule has 1 unspecified atom stereocenters. The Labute approximate surface area is 126 Å². The number of nitrogens with zero attached hydrogens (tertiary/aromatic N) is 2. The normalized spacial score (nSPS) is 12.7. The second kappa shape index (κ2) is 8.82. The third-order valence-corrected chi connectivity index (χ3v) is 5.24. The van der Waals surface area contributed by atoms with Crippen LogP contribution >= 0.6 is 23.1 Å². The zero-order valence-electron chi connectivity index (χ0n) is 12.8. The highest BCUT2D eigenvalue weighted by Crippen LogP contribution is 2.27. The number of nitrogens with one attached hydrogen (secondary N) is 1. The number of anilines is 1. The lowest BCUT2D eigenvalue weighted by Crippen LogP contribution is -2.33. The molecule has 19 heavy (non-hydrogen) atoms. The zero-order chi connectivity index (χ0) is 14.3. The Bertz CT molecular complexity index is 366. The van der Waals surface area contributed by atoms with Crippen LogP contribution < -0.4 is 10.2 Å². The molecule has 1 aromatic rings. The van der Waals surface area contributed by atoms with E-state index in [0.717, 1.165) is 24.0 Å². The topological polar surface area (TPSA) is 28.2 Å². The second-order valence-corrected chi connectivity index (χ2v) is 6.78. The van der Waals surface area contributed by atoms with Gasteiger partial charge in [0, 0.05) is 30.3 Å². The van der Waals surface area contributed by atoms with Gasteiger partial charge in [0.2, 0.25) is 0 Å². The molecule has 0 radical (unpaired) electrons. The molecular formula is C14H27N3S2. The first kappa shape index (κ1) is 16.8. The van der Waals surface area contributed by atoms with Crippen LogP contribution in [-0.4, -0.2) is 36.6 Å². The highest BCUT2D eigenvalue weighted by molar-refractivity contribution is 7.98. The SMILES string of the molecule is CCCNCc1sc(N(C)C(CC)CSC)nc1C. The van der Waals surface area contributed by atoms with E-state index in [0.29, 0.717) is 6.04 Å². The lowest BCUT2D eigenvalue weighted by molar-refractivity contribution is 0.670. The molecule has 0 saturated heterocycles. The summed E-state index contributed by atoms with van der Waals surface area (Å²) in [6.07, 6.45) is 4.51. The van der Waals surface area contributed by atoms with Gasteiger partial charge in [0.25, 0.3) is 0 Å². The summed E-state index contributed by atoms with van der Waals surface area (Å²) in [4.78, 5) is 8.45. The fraction of sp³-hybridized carbons (Fsp3) is 0.786. The molecule has 0 spiro atoms. The average Bonchev–Trinajstić information content (AvgIpc) is 2.77. The lowest BCUT2D eigenvalue weighted by atomic mass is 10.2. The van der Waals surface area contributed by atoms with Crippen LogP contribution in [0.4, 0.5) is 5.13 Å². The predicted octanol–water partition coefficient (Wildman–Crippen LogP) is 3.53. The molecule has 1 atom stereocenters. The Hall–Kier alpha value is -0.260. The van der Waals surface area contributed by atoms with Gasteiger partial charge in [-0.1, -0.05) is 13.8 Å². The quantitative estimate of drug-likeness (QED) is 0.706. The molecule has 1 aromatic heterocycles. The van der Waals surface area contributed by atoms with E-state index in [9.17, 15) is 0 Å². The molecule has 5 heteroatoms. The maximum atomic E-state index is 4.74. The van der Waals surface area contributed by atoms with E-state index >= 15 is 0 Å². The first-order chi connectivity index (χ1) is 9.13. The van der Waals surface area contributed by atoms with E-state index in [-0.39, 0.29) is 0 Å². The average molecular weight is 302 g/mol. The van der Waals surface area contributed by atoms with Crippen molar-refractivity contribution in [2.75, 3.05) is 30.5 Å². The second-order valence-electron chi connectivity index (χ2n) is 4.81. The minimum atomic E-state index is 0.581. The summed E-state index contributed by atoms with van der Waals surface area (Å²) in [7, 11) is 2.17. The summed E-state index contributed by atoms with van der Waals surface area (Å²) in [6.45, 7) is 8.59. The van der Waals surface area contributed by atoms with E-state index < -0.39 is 0 Å². The monoisotopic (exact) mass is 301 g/mol. The Morgan fingerprint density at radius 1 is 1.42 bits per heavy atom. The van der Waals surface area contributed by atoms with Crippen LogP contribution in [0.15, 0.2) is 0 Å². The van der Waals surface area contributed by atoms with Gasteiger partial charge in [-0.05, 0) is 32.6 Å². The first-order valence-electron chi connectivity index (χ1n) is 7.02. The number of thiazole rings is 1. The maximum Gasteiger partial charge on any atom is 0.185 e. The maximum absolute atomic E-state index is 4.74. The summed E-state index contributed by atoms with van der Waals surface area (Å²) >= 11 is 3.74. The number of aromatic nitrogens is 1. The Balaban J connectivity index is 2.69. The third-order valence-electron chi connectivity index (χ3n) is 3.27. The van der Waals surface area contributed by atoms with Crippen molar-refractivity contribution in [3.63, 3.8) is 0 Å². The first-order valence-corrected chi connectivity index (χ1v) is 9.23. The van der Waals surface area contributed by atoms with Crippen LogP contribution in [-0.2, 0) is 6.54 Å². The smallest absolute Gasteiger partial charge is 0.185 e. The minimum absolute atomic E-state index is 0.581. The molecule has 0 aliphatic heterocycles. The van der Waals surface area contributed by atoms with E-state index in [1.807, 2.05) is 23.1 Å². The van der Waals surface area contributed by atoms with E-state index in [1.54, 1.807) is 0 Å². The van der Waals surface area contributed by atoms with Crippen molar-refractivity contribution >= 4 is 28.2 Å². The van der Waals surface area contributed by atoms with Gasteiger partial charge in [0.15, 0.2) is 5.13 Å². The molecule has 0 amide bonds. The third kappa shape index (κ3) is 4.97. The molecule has 0 aromatic carbocycles. The van der Waals surface area contributed by atoms with Crippen molar-refractivity contribution in [1.82, 2.24) is 10.3 Å². The van der Waals surface area contributed by atoms with Crippen LogP contribution in [0.25, 0.3) is 0 Å². The van der Waals surface area contributed by atoms with Crippen molar-refractivity contribution in [2.24, 2.45) is 0 Å². The van der Waals surface area contributed by atoms with E-state index in [2.05, 4.69) is 44.3 Å². The number of aryl methyl sites for hydroxylation is 1. The van der Waals surface area contributed by atoms with Crippen molar-refractivity contribution in [2.45, 2.75) is 46.2 Å². The van der Waals surface area contributed by atoms with E-state index in [4.69, 9.17) is 4.98 Å². The zero-order valence-corrected chi connectivity index (χ0v) is 14.5. The van der Waals surface area contributed by atoms with Crippen LogP contribution in [0.3, 0.4) is 0 Å². The fourth-order valence-electron chi connectivity index (χ4n) is 1.96. The number of thioether (sulfide) groups is 1. The summed E-state index contributed by atoms with van der Waals surface area (Å²) in [5, 5.41) is 4.62. The predicted molar refractivity (Wildman–Crippen MR) is 89.7 cm³/mol. The fourth-order valence-corrected chi connectivity index (χ4v) is 3.87. The van der Waals surface area contributed by atoms with E-state index in [1.165, 1.54) is 23.4 Å². The van der Waals surface area contributed by atoms with Crippen LogP contribution in [0.5, 0.6) is 0 Å². The minimum Gasteiger partial charge on any atom is -0.347 e. The molecule has 110 valence electrons. The van der Waals surface area contributed by atoms with Gasteiger partial charge in [0.05, 0.1) is 5.69 Å². The van der Waals surface area contributed by atoms with Crippen LogP contribution in [0.1, 0.15) is 37.3 Å². The van der Waals surface area contributed by atoms with Gasteiger partial charge >= 0.3 is 0 Å². The van der Waals surface area contributed by atoms with Gasteiger partial charge < -0.3 is 10.2 Å². The Morgan fingerprint density at radius 3 is 2.74 bits per heavy atom. The van der Waals surface area contributed by atoms with Gasteiger partial charge in [0.1, 0.15) is 0 Å². The highest BCUT2D eigenvalue weighted by atomic mass is 32.2. The Morgan fingerprint density at radius 2 is 2.16 bits per heavy atom. The summed E-state index contributed by atoms with van der Waals surface area (Å²) in [5.41, 5.74) is 1.18. The molecule has 1 rings (SSSR count). The molecule has 0 saturated carbocycles. The largest absolute Gasteiger partial charge is 0.347 e. The number of hydrogen-bond acceptors (Lipinski definition) is 5. The summed E-state index contributed by atoms with van der Waals surface area (Å²) in [6, 6.07) is 0.581. The summed E-state index contributed by atoms with van der Waals surface area (Å²) < 4.78 is 0. The van der Waals surface area contributed by atoms with Gasteiger partial charge in [-0.15, -0.1) is 11.3 Å². The summed E-state index contributed by atoms with van der Waals surface area (Å²) in [5.74, 6) is 1.16. The molecule has 1 N–H and O–H groups in total. The lowest BCUT2D eigenvalue weighted by Gasteiger charge is -2.26. The molecule has 0 aliphatic rings. The van der Waals surface area contributed by atoms with Crippen molar-refractivity contribution in [1.29, 1.82) is 0 Å². The number of hydrogen-bond donors (Lipinski definition) is 1. The molecule has 0 fully saturated rings. The molecule has 1 heterocycles. The molecule has 0 aliphatic carbocycles. The van der Waals surface area contributed by atoms with Gasteiger partial charge in [-0.2, -0.15) is 11.8 Å². The molecule has 0 bridgehead atoms. The standard InChI is InChI=1S/C14H27N3S2/c1-6-8-15-9-13-11(3)16-14(19-13)17(4)12(7-2)10-18-5/h12,15H,6-10H2,1-5H3. The van der Waals surface area contributed by atoms with Crippen molar-refractivity contribution in [3.05, 3.63) is 10.6 Å². The van der Waals surface area contributed by atoms with Crippen molar-refractivity contribution in [3.8, 4) is 0 Å². The van der Waals surface area contributed by atoms with Gasteiger partial charge in [-0.25, -0.2) is 4.98 Å². The highest BCUT2D eigenvalue weighted by Gasteiger charge is 2.17. The Kier molecular flexibility index (Phi) is 7.80. The van der Waals surface area contributed by atoms with Crippen LogP contribution in [0, 0.1) is 6.92 Å². The van der Waals surface area contributed by atoms with Gasteiger partial charge in [-0.3, -0.25) is 0 Å². The van der Waals surface area contributed by atoms with Crippen molar-refractivity contribution < 1.29 is 0 Å². The molecule has 3 nitrogen and oxygen atoms in total. The van der Waals surface area contributed by atoms with Crippen LogP contribution in [0.2, 0.25) is 0 Å².